The van der Waals surface area contributed by atoms with Crippen LogP contribution in [0.2, 0.25) is 0 Å². The quantitative estimate of drug-likeness (QED) is 0.843. The second kappa shape index (κ2) is 6.24. The summed E-state index contributed by atoms with van der Waals surface area (Å²) in [4.78, 5) is 4.26. The fraction of sp³-hybridized carbons (Fsp3) is 0.500. The lowest BCUT2D eigenvalue weighted by atomic mass is 10.3. The monoisotopic (exact) mass is 263 g/mol. The summed E-state index contributed by atoms with van der Waals surface area (Å²) < 4.78 is 10.1. The number of ether oxygens (including phenoxy) is 1. The molecular formula is C12H17N5O2. The van der Waals surface area contributed by atoms with Crippen molar-refractivity contribution in [2.75, 3.05) is 7.11 Å². The topological polar surface area (TPSA) is 86.0 Å². The summed E-state index contributed by atoms with van der Waals surface area (Å²) in [7, 11) is 1.54. The van der Waals surface area contributed by atoms with Crippen molar-refractivity contribution in [1.29, 1.82) is 0 Å². The maximum atomic E-state index is 5.15. The van der Waals surface area contributed by atoms with E-state index < -0.39 is 0 Å². The van der Waals surface area contributed by atoms with Gasteiger partial charge in [-0.05, 0) is 19.4 Å². The van der Waals surface area contributed by atoms with Gasteiger partial charge in [0.05, 0.1) is 13.7 Å². The number of methoxy groups -OCH3 is 1. The molecule has 2 aromatic rings. The van der Waals surface area contributed by atoms with E-state index in [1.165, 1.54) is 7.11 Å². The third-order valence-corrected chi connectivity index (χ3v) is 2.76. The Labute approximate surface area is 111 Å². The smallest absolute Gasteiger partial charge is 0.240 e. The Balaban J connectivity index is 2.03. The standard InChI is InChI=1S/C12H17N5O2/c1-4-8(2)13-7-11-14-12(17-19-11)9-5-6-10(18-3)16-15-9/h5-6,8,13H,4,7H2,1-3H3. The van der Waals surface area contributed by atoms with Crippen molar-refractivity contribution in [2.24, 2.45) is 0 Å². The molecule has 0 amide bonds. The van der Waals surface area contributed by atoms with Crippen LogP contribution >= 0.6 is 0 Å². The lowest BCUT2D eigenvalue weighted by Crippen LogP contribution is -2.24. The highest BCUT2D eigenvalue weighted by Crippen LogP contribution is 2.14. The van der Waals surface area contributed by atoms with Crippen molar-refractivity contribution < 1.29 is 9.26 Å². The summed E-state index contributed by atoms with van der Waals surface area (Å²) in [6, 6.07) is 3.86. The van der Waals surface area contributed by atoms with E-state index in [1.54, 1.807) is 12.1 Å². The first-order chi connectivity index (χ1) is 9.22. The van der Waals surface area contributed by atoms with Crippen LogP contribution in [0.4, 0.5) is 0 Å². The van der Waals surface area contributed by atoms with Crippen molar-refractivity contribution in [2.45, 2.75) is 32.9 Å². The summed E-state index contributed by atoms with van der Waals surface area (Å²) in [5.74, 6) is 1.41. The Morgan fingerprint density at radius 2 is 2.21 bits per heavy atom. The van der Waals surface area contributed by atoms with E-state index in [1.807, 2.05) is 0 Å². The van der Waals surface area contributed by atoms with Crippen molar-refractivity contribution >= 4 is 0 Å². The normalized spacial score (nSPS) is 12.4. The number of nitrogens with one attached hydrogen (secondary N) is 1. The molecule has 0 aliphatic heterocycles. The predicted octanol–water partition coefficient (Wildman–Crippen LogP) is 1.42. The highest BCUT2D eigenvalue weighted by atomic mass is 16.5. The summed E-state index contributed by atoms with van der Waals surface area (Å²) in [6.07, 6.45) is 1.05. The molecule has 2 heterocycles. The van der Waals surface area contributed by atoms with Gasteiger partial charge in [0.15, 0.2) is 0 Å². The molecule has 2 rings (SSSR count). The molecule has 0 bridgehead atoms. The number of aromatic nitrogens is 4. The molecule has 0 radical (unpaired) electrons. The first-order valence-corrected chi connectivity index (χ1v) is 6.17. The van der Waals surface area contributed by atoms with Crippen LogP contribution in [0.25, 0.3) is 11.5 Å². The Hall–Kier alpha value is -2.02. The van der Waals surface area contributed by atoms with E-state index in [2.05, 4.69) is 39.5 Å². The summed E-state index contributed by atoms with van der Waals surface area (Å²) >= 11 is 0. The second-order valence-corrected chi connectivity index (χ2v) is 4.16. The number of hydrogen-bond donors (Lipinski definition) is 1. The number of hydrogen-bond acceptors (Lipinski definition) is 7. The molecular weight excluding hydrogens is 246 g/mol. The molecule has 0 saturated heterocycles. The zero-order valence-electron chi connectivity index (χ0n) is 11.3. The fourth-order valence-corrected chi connectivity index (χ4v) is 1.38. The average molecular weight is 263 g/mol. The number of rotatable bonds is 6. The largest absolute Gasteiger partial charge is 0.480 e. The van der Waals surface area contributed by atoms with E-state index in [9.17, 15) is 0 Å². The van der Waals surface area contributed by atoms with Gasteiger partial charge < -0.3 is 14.6 Å². The minimum Gasteiger partial charge on any atom is -0.480 e. The summed E-state index contributed by atoms with van der Waals surface area (Å²) in [5.41, 5.74) is 0.555. The maximum absolute atomic E-state index is 5.15. The second-order valence-electron chi connectivity index (χ2n) is 4.16. The van der Waals surface area contributed by atoms with Crippen molar-refractivity contribution in [3.05, 3.63) is 18.0 Å². The molecule has 2 aromatic heterocycles. The molecule has 1 N–H and O–H groups in total. The van der Waals surface area contributed by atoms with E-state index >= 15 is 0 Å². The molecule has 1 atom stereocenters. The zero-order valence-corrected chi connectivity index (χ0v) is 11.3. The van der Waals surface area contributed by atoms with Crippen LogP contribution in [0.5, 0.6) is 5.88 Å². The molecule has 0 spiro atoms. The lowest BCUT2D eigenvalue weighted by molar-refractivity contribution is 0.358. The molecule has 0 aliphatic rings. The Kier molecular flexibility index (Phi) is 4.40. The molecule has 0 fully saturated rings. The Morgan fingerprint density at radius 3 is 2.84 bits per heavy atom. The van der Waals surface area contributed by atoms with Gasteiger partial charge in [0, 0.05) is 12.1 Å². The molecule has 102 valence electrons. The molecule has 1 unspecified atom stereocenters. The molecule has 0 aromatic carbocycles. The van der Waals surface area contributed by atoms with Crippen LogP contribution in [0.3, 0.4) is 0 Å². The SMILES string of the molecule is CCC(C)NCc1nc(-c2ccc(OC)nn2)no1. The van der Waals surface area contributed by atoms with Gasteiger partial charge in [-0.1, -0.05) is 12.1 Å². The van der Waals surface area contributed by atoms with Crippen LogP contribution in [0.15, 0.2) is 16.7 Å². The van der Waals surface area contributed by atoms with Crippen molar-refractivity contribution in [3.8, 4) is 17.4 Å². The Bertz CT molecular complexity index is 511. The van der Waals surface area contributed by atoms with Gasteiger partial charge in [0.2, 0.25) is 17.6 Å². The van der Waals surface area contributed by atoms with Gasteiger partial charge in [-0.2, -0.15) is 4.98 Å². The maximum Gasteiger partial charge on any atom is 0.240 e. The van der Waals surface area contributed by atoms with Crippen molar-refractivity contribution in [3.63, 3.8) is 0 Å². The first kappa shape index (κ1) is 13.4. The van der Waals surface area contributed by atoms with Gasteiger partial charge >= 0.3 is 0 Å². The van der Waals surface area contributed by atoms with Gasteiger partial charge in [-0.3, -0.25) is 0 Å². The summed E-state index contributed by atoms with van der Waals surface area (Å²) in [6.45, 7) is 4.77. The van der Waals surface area contributed by atoms with Gasteiger partial charge in [-0.15, -0.1) is 10.2 Å². The van der Waals surface area contributed by atoms with Crippen LogP contribution in [0, 0.1) is 0 Å². The highest BCUT2D eigenvalue weighted by molar-refractivity contribution is 5.47. The van der Waals surface area contributed by atoms with Crippen LogP contribution < -0.4 is 10.1 Å². The number of nitrogens with zero attached hydrogens (tertiary/aromatic N) is 4. The van der Waals surface area contributed by atoms with Crippen LogP contribution in [0.1, 0.15) is 26.2 Å². The molecule has 7 heteroatoms. The van der Waals surface area contributed by atoms with E-state index in [0.717, 1.165) is 6.42 Å². The predicted molar refractivity (Wildman–Crippen MR) is 68.5 cm³/mol. The fourth-order valence-electron chi connectivity index (χ4n) is 1.38. The molecule has 0 aliphatic carbocycles. The van der Waals surface area contributed by atoms with Gasteiger partial charge in [-0.25, -0.2) is 0 Å². The average Bonchev–Trinajstić information content (AvgIpc) is 2.93. The lowest BCUT2D eigenvalue weighted by Gasteiger charge is -2.07. The third kappa shape index (κ3) is 3.47. The minimum absolute atomic E-state index is 0.413. The van der Waals surface area contributed by atoms with E-state index in [-0.39, 0.29) is 0 Å². The Morgan fingerprint density at radius 1 is 1.37 bits per heavy atom. The van der Waals surface area contributed by atoms with E-state index in [0.29, 0.717) is 35.9 Å². The van der Waals surface area contributed by atoms with Gasteiger partial charge in [0.25, 0.3) is 0 Å². The van der Waals surface area contributed by atoms with Crippen LogP contribution in [-0.4, -0.2) is 33.5 Å². The zero-order chi connectivity index (χ0) is 13.7. The van der Waals surface area contributed by atoms with Crippen LogP contribution in [-0.2, 0) is 6.54 Å². The molecule has 0 saturated carbocycles. The minimum atomic E-state index is 0.413. The molecule has 7 nitrogen and oxygen atoms in total. The van der Waals surface area contributed by atoms with Gasteiger partial charge in [0.1, 0.15) is 5.69 Å². The summed E-state index contributed by atoms with van der Waals surface area (Å²) in [5, 5.41) is 15.0. The molecule has 19 heavy (non-hydrogen) atoms. The third-order valence-electron chi connectivity index (χ3n) is 2.76. The van der Waals surface area contributed by atoms with Crippen molar-refractivity contribution in [1.82, 2.24) is 25.7 Å². The highest BCUT2D eigenvalue weighted by Gasteiger charge is 2.11. The first-order valence-electron chi connectivity index (χ1n) is 6.17. The van der Waals surface area contributed by atoms with E-state index in [4.69, 9.17) is 9.26 Å².